The Kier molecular flexibility index (Phi) is 4.81. The molecule has 1 aliphatic heterocycles. The fraction of sp³-hybridized carbons (Fsp3) is 0.750. The first kappa shape index (κ1) is 14.3. The van der Waals surface area contributed by atoms with Crippen LogP contribution >= 0.6 is 11.8 Å². The van der Waals surface area contributed by atoms with E-state index < -0.39 is 5.92 Å². The van der Waals surface area contributed by atoms with Crippen LogP contribution in [-0.2, 0) is 9.53 Å². The van der Waals surface area contributed by atoms with Crippen molar-refractivity contribution in [3.05, 3.63) is 11.7 Å². The molecule has 6 nitrogen and oxygen atoms in total. The SMILES string of the molecule is CCOC(=O)C(C)c1nc(C2CSCCN2C)no1. The summed E-state index contributed by atoms with van der Waals surface area (Å²) in [7, 11) is 2.05. The van der Waals surface area contributed by atoms with E-state index in [4.69, 9.17) is 9.26 Å². The summed E-state index contributed by atoms with van der Waals surface area (Å²) in [6.45, 7) is 4.85. The minimum atomic E-state index is -0.511. The molecule has 0 radical (unpaired) electrons. The van der Waals surface area contributed by atoms with Crippen molar-refractivity contribution < 1.29 is 14.1 Å². The van der Waals surface area contributed by atoms with Gasteiger partial charge in [0.05, 0.1) is 12.6 Å². The van der Waals surface area contributed by atoms with E-state index in [0.717, 1.165) is 18.1 Å². The fourth-order valence-corrected chi connectivity index (χ4v) is 3.10. The smallest absolute Gasteiger partial charge is 0.318 e. The van der Waals surface area contributed by atoms with E-state index in [1.165, 1.54) is 0 Å². The summed E-state index contributed by atoms with van der Waals surface area (Å²) in [5.74, 6) is 2.21. The van der Waals surface area contributed by atoms with E-state index in [2.05, 4.69) is 22.1 Å². The Hall–Kier alpha value is -1.08. The molecule has 0 N–H and O–H groups in total. The summed E-state index contributed by atoms with van der Waals surface area (Å²) >= 11 is 1.88. The molecular weight excluding hydrogens is 266 g/mol. The van der Waals surface area contributed by atoms with Crippen molar-refractivity contribution in [3.8, 4) is 0 Å². The van der Waals surface area contributed by atoms with Crippen molar-refractivity contribution in [3.63, 3.8) is 0 Å². The van der Waals surface area contributed by atoms with Gasteiger partial charge in [-0.3, -0.25) is 9.69 Å². The molecule has 0 bridgehead atoms. The third kappa shape index (κ3) is 3.27. The summed E-state index contributed by atoms with van der Waals surface area (Å²) in [6.07, 6.45) is 0. The second kappa shape index (κ2) is 6.38. The molecule has 0 spiro atoms. The molecular formula is C12H19N3O3S. The second-order valence-corrected chi connectivity index (χ2v) is 5.69. The minimum absolute atomic E-state index is 0.158. The summed E-state index contributed by atoms with van der Waals surface area (Å²) in [6, 6.07) is 0.158. The van der Waals surface area contributed by atoms with Gasteiger partial charge in [-0.25, -0.2) is 0 Å². The molecule has 1 aromatic heterocycles. The Morgan fingerprint density at radius 3 is 3.16 bits per heavy atom. The van der Waals surface area contributed by atoms with Gasteiger partial charge in [0.2, 0.25) is 5.89 Å². The largest absolute Gasteiger partial charge is 0.465 e. The average Bonchev–Trinajstić information content (AvgIpc) is 2.88. The van der Waals surface area contributed by atoms with Gasteiger partial charge in [0.1, 0.15) is 5.92 Å². The molecule has 106 valence electrons. The highest BCUT2D eigenvalue weighted by atomic mass is 32.2. The highest BCUT2D eigenvalue weighted by molar-refractivity contribution is 7.99. The highest BCUT2D eigenvalue weighted by Crippen LogP contribution is 2.27. The van der Waals surface area contributed by atoms with Crippen LogP contribution in [0.5, 0.6) is 0 Å². The van der Waals surface area contributed by atoms with E-state index in [1.807, 2.05) is 11.8 Å². The van der Waals surface area contributed by atoms with Crippen molar-refractivity contribution >= 4 is 17.7 Å². The summed E-state index contributed by atoms with van der Waals surface area (Å²) < 4.78 is 10.2. The lowest BCUT2D eigenvalue weighted by Crippen LogP contribution is -2.33. The van der Waals surface area contributed by atoms with Gasteiger partial charge in [0.15, 0.2) is 5.82 Å². The first-order valence-electron chi connectivity index (χ1n) is 6.41. The van der Waals surface area contributed by atoms with Crippen molar-refractivity contribution in [2.45, 2.75) is 25.8 Å². The second-order valence-electron chi connectivity index (χ2n) is 4.54. The summed E-state index contributed by atoms with van der Waals surface area (Å²) in [4.78, 5) is 18.2. The van der Waals surface area contributed by atoms with Gasteiger partial charge in [-0.1, -0.05) is 5.16 Å². The maximum atomic E-state index is 11.6. The van der Waals surface area contributed by atoms with Gasteiger partial charge < -0.3 is 9.26 Å². The van der Waals surface area contributed by atoms with Gasteiger partial charge >= 0.3 is 5.97 Å². The zero-order valence-corrected chi connectivity index (χ0v) is 12.3. The third-order valence-corrected chi connectivity index (χ3v) is 4.18. The van der Waals surface area contributed by atoms with Crippen molar-refractivity contribution in [1.82, 2.24) is 15.0 Å². The molecule has 2 rings (SSSR count). The maximum Gasteiger partial charge on any atom is 0.318 e. The molecule has 1 aliphatic rings. The number of carbonyl (C=O) groups excluding carboxylic acids is 1. The summed E-state index contributed by atoms with van der Waals surface area (Å²) in [5.41, 5.74) is 0. The topological polar surface area (TPSA) is 68.5 Å². The molecule has 2 unspecified atom stereocenters. The van der Waals surface area contributed by atoms with E-state index in [-0.39, 0.29) is 12.0 Å². The number of esters is 1. The first-order chi connectivity index (χ1) is 9.13. The van der Waals surface area contributed by atoms with Gasteiger partial charge in [-0.15, -0.1) is 0 Å². The number of carbonyl (C=O) groups is 1. The Balaban J connectivity index is 2.07. The average molecular weight is 285 g/mol. The molecule has 0 aliphatic carbocycles. The highest BCUT2D eigenvalue weighted by Gasteiger charge is 2.29. The Morgan fingerprint density at radius 2 is 2.47 bits per heavy atom. The number of ether oxygens (including phenoxy) is 1. The number of rotatable bonds is 4. The van der Waals surface area contributed by atoms with Crippen LogP contribution < -0.4 is 0 Å². The lowest BCUT2D eigenvalue weighted by molar-refractivity contribution is -0.145. The van der Waals surface area contributed by atoms with Gasteiger partial charge in [-0.2, -0.15) is 16.7 Å². The lowest BCUT2D eigenvalue weighted by atomic mass is 10.2. The number of nitrogens with zero attached hydrogens (tertiary/aromatic N) is 3. The molecule has 0 aromatic carbocycles. The van der Waals surface area contributed by atoms with E-state index in [0.29, 0.717) is 18.3 Å². The Bertz CT molecular complexity index is 438. The van der Waals surface area contributed by atoms with Crippen LogP contribution in [0.4, 0.5) is 0 Å². The number of hydrogen-bond acceptors (Lipinski definition) is 7. The van der Waals surface area contributed by atoms with Gasteiger partial charge in [0.25, 0.3) is 0 Å². The van der Waals surface area contributed by atoms with Crippen LogP contribution in [0.2, 0.25) is 0 Å². The molecule has 7 heteroatoms. The molecule has 2 atom stereocenters. The zero-order chi connectivity index (χ0) is 13.8. The monoisotopic (exact) mass is 285 g/mol. The van der Waals surface area contributed by atoms with E-state index in [1.54, 1.807) is 13.8 Å². The van der Waals surface area contributed by atoms with Crippen LogP contribution in [0, 0.1) is 0 Å². The number of aromatic nitrogens is 2. The maximum absolute atomic E-state index is 11.6. The van der Waals surface area contributed by atoms with Crippen LogP contribution in [-0.4, -0.2) is 52.7 Å². The molecule has 1 saturated heterocycles. The lowest BCUT2D eigenvalue weighted by Gasteiger charge is -2.29. The van der Waals surface area contributed by atoms with Crippen LogP contribution in [0.1, 0.15) is 37.5 Å². The number of hydrogen-bond donors (Lipinski definition) is 0. The van der Waals surface area contributed by atoms with Crippen molar-refractivity contribution in [1.29, 1.82) is 0 Å². The van der Waals surface area contributed by atoms with Gasteiger partial charge in [-0.05, 0) is 20.9 Å². The standard InChI is InChI=1S/C12H19N3O3S/c1-4-17-12(16)8(2)11-13-10(14-18-11)9-7-19-6-5-15(9)3/h8-9H,4-7H2,1-3H3. The Labute approximate surface area is 116 Å². The number of thioether (sulfide) groups is 1. The van der Waals surface area contributed by atoms with E-state index >= 15 is 0 Å². The predicted octanol–water partition coefficient (Wildman–Crippen LogP) is 1.46. The molecule has 1 aromatic rings. The third-order valence-electron chi connectivity index (χ3n) is 3.16. The van der Waals surface area contributed by atoms with E-state index in [9.17, 15) is 4.79 Å². The van der Waals surface area contributed by atoms with Gasteiger partial charge in [0, 0.05) is 18.1 Å². The first-order valence-corrected chi connectivity index (χ1v) is 7.57. The zero-order valence-electron chi connectivity index (χ0n) is 11.5. The molecule has 0 amide bonds. The van der Waals surface area contributed by atoms with Crippen molar-refractivity contribution in [2.24, 2.45) is 0 Å². The Morgan fingerprint density at radius 1 is 1.68 bits per heavy atom. The van der Waals surface area contributed by atoms with Crippen LogP contribution in [0.15, 0.2) is 4.52 Å². The molecule has 19 heavy (non-hydrogen) atoms. The van der Waals surface area contributed by atoms with Crippen molar-refractivity contribution in [2.75, 3.05) is 31.7 Å². The van der Waals surface area contributed by atoms with Crippen LogP contribution in [0.3, 0.4) is 0 Å². The normalized spacial score (nSPS) is 22.2. The quantitative estimate of drug-likeness (QED) is 0.776. The summed E-state index contributed by atoms with van der Waals surface area (Å²) in [5, 5.41) is 4.00. The fourth-order valence-electron chi connectivity index (χ4n) is 1.88. The van der Waals surface area contributed by atoms with Crippen LogP contribution in [0.25, 0.3) is 0 Å². The molecule has 2 heterocycles. The molecule has 1 fully saturated rings. The predicted molar refractivity (Wildman–Crippen MR) is 72.0 cm³/mol. The minimum Gasteiger partial charge on any atom is -0.465 e. The molecule has 0 saturated carbocycles.